The minimum absolute atomic E-state index is 0.0150. The molecule has 0 amide bonds. The third-order valence-corrected chi connectivity index (χ3v) is 2.93. The van der Waals surface area contributed by atoms with E-state index in [0.29, 0.717) is 0 Å². The van der Waals surface area contributed by atoms with E-state index in [2.05, 4.69) is 48.1 Å². The average Bonchev–Trinajstić information content (AvgIpc) is 2.95. The van der Waals surface area contributed by atoms with E-state index in [-0.39, 0.29) is 5.54 Å². The summed E-state index contributed by atoms with van der Waals surface area (Å²) in [5, 5.41) is 12.6. The molecule has 2 heterocycles. The van der Waals surface area contributed by atoms with Crippen LogP contribution in [0.15, 0.2) is 24.7 Å². The van der Waals surface area contributed by atoms with E-state index in [4.69, 9.17) is 0 Å². The molecular formula is C13H22N6. The Labute approximate surface area is 114 Å². The van der Waals surface area contributed by atoms with Crippen molar-refractivity contribution in [1.82, 2.24) is 29.7 Å². The topological polar surface area (TPSA) is 51.8 Å². The highest BCUT2D eigenvalue weighted by Crippen LogP contribution is 2.12. The fourth-order valence-corrected chi connectivity index (χ4v) is 1.76. The van der Waals surface area contributed by atoms with Gasteiger partial charge in [0.25, 0.3) is 0 Å². The zero-order valence-electron chi connectivity index (χ0n) is 12.1. The summed E-state index contributed by atoms with van der Waals surface area (Å²) in [4.78, 5) is 2.22. The van der Waals surface area contributed by atoms with Gasteiger partial charge in [-0.3, -0.25) is 9.58 Å². The largest absolute Gasteiger partial charge is 0.299 e. The van der Waals surface area contributed by atoms with Gasteiger partial charge < -0.3 is 0 Å². The highest BCUT2D eigenvalue weighted by Gasteiger charge is 2.15. The van der Waals surface area contributed by atoms with E-state index in [0.717, 1.165) is 25.3 Å². The van der Waals surface area contributed by atoms with Crippen LogP contribution in [0.25, 0.3) is 0 Å². The Morgan fingerprint density at radius 3 is 2.68 bits per heavy atom. The Morgan fingerprint density at radius 1 is 1.32 bits per heavy atom. The molecule has 0 fully saturated rings. The molecule has 2 aromatic rings. The smallest absolute Gasteiger partial charge is 0.0967 e. The Balaban J connectivity index is 1.85. The maximum atomic E-state index is 4.22. The molecule has 0 radical (unpaired) electrons. The lowest BCUT2D eigenvalue weighted by Gasteiger charge is -2.18. The molecule has 19 heavy (non-hydrogen) atoms. The van der Waals surface area contributed by atoms with E-state index in [1.807, 2.05) is 27.8 Å². The maximum absolute atomic E-state index is 4.22. The van der Waals surface area contributed by atoms with Crippen LogP contribution in [-0.4, -0.2) is 43.3 Å². The third kappa shape index (κ3) is 3.89. The number of nitrogens with zero attached hydrogens (tertiary/aromatic N) is 6. The van der Waals surface area contributed by atoms with Crippen molar-refractivity contribution in [2.75, 3.05) is 13.6 Å². The fraction of sp³-hybridized carbons (Fsp3) is 0.615. The van der Waals surface area contributed by atoms with Gasteiger partial charge in [-0.15, -0.1) is 5.10 Å². The van der Waals surface area contributed by atoms with Crippen molar-refractivity contribution >= 4 is 0 Å². The van der Waals surface area contributed by atoms with E-state index in [9.17, 15) is 0 Å². The SMILES string of the molecule is CN(CCn1cccn1)Cc1cn(C(C)(C)C)nn1. The van der Waals surface area contributed by atoms with Gasteiger partial charge in [0, 0.05) is 25.5 Å². The van der Waals surface area contributed by atoms with E-state index < -0.39 is 0 Å². The zero-order valence-corrected chi connectivity index (χ0v) is 12.1. The van der Waals surface area contributed by atoms with Crippen LogP contribution in [0.3, 0.4) is 0 Å². The van der Waals surface area contributed by atoms with Crippen LogP contribution in [0.5, 0.6) is 0 Å². The second kappa shape index (κ2) is 5.52. The summed E-state index contributed by atoms with van der Waals surface area (Å²) in [6.45, 7) is 8.98. The predicted octanol–water partition coefficient (Wildman–Crippen LogP) is 1.36. The molecule has 2 aromatic heterocycles. The quantitative estimate of drug-likeness (QED) is 0.816. The number of likely N-dealkylation sites (N-methyl/N-ethyl adjacent to an activating group) is 1. The molecule has 0 spiro atoms. The molecule has 0 aliphatic rings. The molecule has 0 atom stereocenters. The van der Waals surface area contributed by atoms with E-state index in [1.165, 1.54) is 0 Å². The first-order valence-electron chi connectivity index (χ1n) is 6.53. The molecule has 0 saturated heterocycles. The number of aromatic nitrogens is 5. The van der Waals surface area contributed by atoms with Crippen molar-refractivity contribution in [1.29, 1.82) is 0 Å². The zero-order chi connectivity index (χ0) is 13.9. The molecular weight excluding hydrogens is 240 g/mol. The van der Waals surface area contributed by atoms with Crippen LogP contribution in [0, 0.1) is 0 Å². The maximum Gasteiger partial charge on any atom is 0.0967 e. The predicted molar refractivity (Wildman–Crippen MR) is 73.6 cm³/mol. The molecule has 0 saturated carbocycles. The van der Waals surface area contributed by atoms with Gasteiger partial charge in [0.05, 0.1) is 24.0 Å². The Kier molecular flexibility index (Phi) is 3.99. The molecule has 0 aromatic carbocycles. The first kappa shape index (κ1) is 13.7. The summed E-state index contributed by atoms with van der Waals surface area (Å²) in [5.74, 6) is 0. The van der Waals surface area contributed by atoms with Crippen LogP contribution < -0.4 is 0 Å². The van der Waals surface area contributed by atoms with Gasteiger partial charge >= 0.3 is 0 Å². The van der Waals surface area contributed by atoms with Gasteiger partial charge in [-0.05, 0) is 33.9 Å². The van der Waals surface area contributed by atoms with Gasteiger partial charge in [0.15, 0.2) is 0 Å². The van der Waals surface area contributed by atoms with Gasteiger partial charge in [0.1, 0.15) is 0 Å². The molecule has 0 N–H and O–H groups in total. The van der Waals surface area contributed by atoms with Crippen molar-refractivity contribution in [3.05, 3.63) is 30.4 Å². The Morgan fingerprint density at radius 2 is 2.11 bits per heavy atom. The molecule has 104 valence electrons. The Bertz CT molecular complexity index is 493. The summed E-state index contributed by atoms with van der Waals surface area (Å²) in [6, 6.07) is 1.94. The second-order valence-electron chi connectivity index (χ2n) is 5.83. The molecule has 6 heteroatoms. The van der Waals surface area contributed by atoms with Crippen molar-refractivity contribution in [2.45, 2.75) is 39.4 Å². The van der Waals surface area contributed by atoms with Crippen LogP contribution in [0.4, 0.5) is 0 Å². The summed E-state index contributed by atoms with van der Waals surface area (Å²) < 4.78 is 3.84. The lowest BCUT2D eigenvalue weighted by molar-refractivity contribution is 0.301. The van der Waals surface area contributed by atoms with Gasteiger partial charge in [-0.1, -0.05) is 5.21 Å². The standard InChI is InChI=1S/C13H22N6/c1-13(2,3)19-11-12(15-16-19)10-17(4)8-9-18-7-5-6-14-18/h5-7,11H,8-10H2,1-4H3. The van der Waals surface area contributed by atoms with Gasteiger partial charge in [0.2, 0.25) is 0 Å². The van der Waals surface area contributed by atoms with Crippen LogP contribution >= 0.6 is 0 Å². The highest BCUT2D eigenvalue weighted by molar-refractivity contribution is 4.94. The van der Waals surface area contributed by atoms with Crippen molar-refractivity contribution in [3.8, 4) is 0 Å². The third-order valence-electron chi connectivity index (χ3n) is 2.93. The monoisotopic (exact) mass is 262 g/mol. The van der Waals surface area contributed by atoms with Gasteiger partial charge in [-0.2, -0.15) is 5.10 Å². The van der Waals surface area contributed by atoms with Crippen molar-refractivity contribution < 1.29 is 0 Å². The molecule has 0 aliphatic carbocycles. The van der Waals surface area contributed by atoms with Crippen molar-refractivity contribution in [2.24, 2.45) is 0 Å². The summed E-state index contributed by atoms with van der Waals surface area (Å²) in [6.07, 6.45) is 5.79. The van der Waals surface area contributed by atoms with Crippen LogP contribution in [-0.2, 0) is 18.6 Å². The molecule has 2 rings (SSSR count). The molecule has 6 nitrogen and oxygen atoms in total. The van der Waals surface area contributed by atoms with Crippen LogP contribution in [0.1, 0.15) is 26.5 Å². The van der Waals surface area contributed by atoms with Crippen molar-refractivity contribution in [3.63, 3.8) is 0 Å². The number of hydrogen-bond acceptors (Lipinski definition) is 4. The minimum Gasteiger partial charge on any atom is -0.299 e. The summed E-state index contributed by atoms with van der Waals surface area (Å²) in [5.41, 5.74) is 0.983. The number of rotatable bonds is 5. The second-order valence-corrected chi connectivity index (χ2v) is 5.83. The molecule has 0 bridgehead atoms. The summed E-state index contributed by atoms with van der Waals surface area (Å²) >= 11 is 0. The van der Waals surface area contributed by atoms with E-state index in [1.54, 1.807) is 6.20 Å². The Hall–Kier alpha value is -1.69. The number of hydrogen-bond donors (Lipinski definition) is 0. The first-order valence-corrected chi connectivity index (χ1v) is 6.53. The lowest BCUT2D eigenvalue weighted by Crippen LogP contribution is -2.23. The van der Waals surface area contributed by atoms with E-state index >= 15 is 0 Å². The normalized spacial score (nSPS) is 12.3. The average molecular weight is 262 g/mol. The fourth-order valence-electron chi connectivity index (χ4n) is 1.76. The minimum atomic E-state index is -0.0150. The van der Waals surface area contributed by atoms with Gasteiger partial charge in [-0.25, -0.2) is 4.68 Å². The first-order chi connectivity index (χ1) is 8.95. The highest BCUT2D eigenvalue weighted by atomic mass is 15.4. The van der Waals surface area contributed by atoms with Crippen LogP contribution in [0.2, 0.25) is 0 Å². The summed E-state index contributed by atoms with van der Waals surface area (Å²) in [7, 11) is 2.08. The lowest BCUT2D eigenvalue weighted by atomic mass is 10.1. The molecule has 0 unspecified atom stereocenters. The molecule has 0 aliphatic heterocycles.